The van der Waals surface area contributed by atoms with Crippen molar-refractivity contribution in [2.75, 3.05) is 7.11 Å². The summed E-state index contributed by atoms with van der Waals surface area (Å²) in [7, 11) is 1.59. The van der Waals surface area contributed by atoms with Crippen molar-refractivity contribution in [3.63, 3.8) is 0 Å². The van der Waals surface area contributed by atoms with Gasteiger partial charge in [0.05, 0.1) is 7.11 Å². The smallest absolute Gasteiger partial charge is 0.328 e. The van der Waals surface area contributed by atoms with Crippen LogP contribution in [0.1, 0.15) is 19.4 Å². The van der Waals surface area contributed by atoms with Crippen LogP contribution in [0, 0.1) is 5.92 Å². The van der Waals surface area contributed by atoms with Gasteiger partial charge in [-0.2, -0.15) is 0 Å². The van der Waals surface area contributed by atoms with E-state index in [1.54, 1.807) is 7.11 Å². The number of carboxylic acids is 1. The maximum Gasteiger partial charge on any atom is 0.328 e. The van der Waals surface area contributed by atoms with Crippen molar-refractivity contribution >= 4 is 11.5 Å². The van der Waals surface area contributed by atoms with Gasteiger partial charge in [0.2, 0.25) is 0 Å². The molecule has 1 aromatic rings. The summed E-state index contributed by atoms with van der Waals surface area (Å²) in [5.41, 5.74) is 1.68. The van der Waals surface area contributed by atoms with Gasteiger partial charge in [0.1, 0.15) is 5.75 Å². The Morgan fingerprint density at radius 2 is 2.12 bits per heavy atom. The van der Waals surface area contributed by atoms with Gasteiger partial charge in [-0.3, -0.25) is 0 Å². The summed E-state index contributed by atoms with van der Waals surface area (Å²) >= 11 is 0. The predicted octanol–water partition coefficient (Wildman–Crippen LogP) is 2.82. The van der Waals surface area contributed by atoms with Crippen molar-refractivity contribution in [1.82, 2.24) is 0 Å². The van der Waals surface area contributed by atoms with Gasteiger partial charge in [-0.15, -0.1) is 0 Å². The van der Waals surface area contributed by atoms with Crippen LogP contribution in [-0.4, -0.2) is 18.2 Å². The van der Waals surface area contributed by atoms with Gasteiger partial charge in [0.15, 0.2) is 0 Å². The third kappa shape index (κ3) is 3.12. The summed E-state index contributed by atoms with van der Waals surface area (Å²) < 4.78 is 5.12. The molecule has 0 amide bonds. The van der Waals surface area contributed by atoms with Gasteiger partial charge in [0, 0.05) is 6.08 Å². The van der Waals surface area contributed by atoms with Crippen molar-refractivity contribution in [3.05, 3.63) is 35.9 Å². The monoisotopic (exact) mass is 220 g/mol. The van der Waals surface area contributed by atoms with Gasteiger partial charge in [-0.05, 0) is 29.2 Å². The van der Waals surface area contributed by atoms with Crippen molar-refractivity contribution in [2.45, 2.75) is 13.8 Å². The molecule has 3 heteroatoms. The lowest BCUT2D eigenvalue weighted by Gasteiger charge is -2.12. The Morgan fingerprint density at radius 1 is 1.44 bits per heavy atom. The normalized spacial score (nSPS) is 11.6. The van der Waals surface area contributed by atoms with Crippen LogP contribution in [0.25, 0.3) is 5.57 Å². The molecule has 0 fully saturated rings. The van der Waals surface area contributed by atoms with E-state index in [4.69, 9.17) is 9.84 Å². The minimum absolute atomic E-state index is 0.156. The quantitative estimate of drug-likeness (QED) is 0.793. The fraction of sp³-hybridized carbons (Fsp3) is 0.308. The molecule has 1 aromatic carbocycles. The number of aliphatic carboxylic acids is 1. The molecule has 0 unspecified atom stereocenters. The topological polar surface area (TPSA) is 46.5 Å². The van der Waals surface area contributed by atoms with E-state index in [0.717, 1.165) is 16.9 Å². The van der Waals surface area contributed by atoms with Crippen LogP contribution >= 0.6 is 0 Å². The lowest BCUT2D eigenvalue weighted by atomic mass is 9.95. The number of rotatable bonds is 4. The third-order valence-electron chi connectivity index (χ3n) is 2.30. The van der Waals surface area contributed by atoms with E-state index < -0.39 is 5.97 Å². The highest BCUT2D eigenvalue weighted by Crippen LogP contribution is 2.25. The average Bonchev–Trinajstić information content (AvgIpc) is 2.25. The average molecular weight is 220 g/mol. The molecule has 0 saturated heterocycles. The van der Waals surface area contributed by atoms with E-state index in [1.807, 2.05) is 38.1 Å². The molecule has 1 rings (SSSR count). The summed E-state index contributed by atoms with van der Waals surface area (Å²) in [4.78, 5) is 10.7. The number of hydrogen-bond acceptors (Lipinski definition) is 2. The molecule has 0 radical (unpaired) electrons. The molecule has 0 heterocycles. The molecule has 0 aromatic heterocycles. The molecule has 0 aliphatic carbocycles. The zero-order valence-electron chi connectivity index (χ0n) is 9.73. The van der Waals surface area contributed by atoms with Crippen LogP contribution in [0.2, 0.25) is 0 Å². The minimum atomic E-state index is -0.925. The molecular weight excluding hydrogens is 204 g/mol. The van der Waals surface area contributed by atoms with Crippen LogP contribution in [0.3, 0.4) is 0 Å². The molecular formula is C13H16O3. The molecule has 0 atom stereocenters. The molecule has 0 aliphatic rings. The Bertz CT molecular complexity index is 405. The Balaban J connectivity index is 3.16. The predicted molar refractivity (Wildman–Crippen MR) is 63.4 cm³/mol. The Morgan fingerprint density at radius 3 is 2.62 bits per heavy atom. The summed E-state index contributed by atoms with van der Waals surface area (Å²) in [5.74, 6) is -0.0378. The van der Waals surface area contributed by atoms with Crippen LogP contribution < -0.4 is 4.74 Å². The van der Waals surface area contributed by atoms with Crippen LogP contribution in [0.4, 0.5) is 0 Å². The van der Waals surface area contributed by atoms with Crippen LogP contribution in [0.5, 0.6) is 5.75 Å². The summed E-state index contributed by atoms with van der Waals surface area (Å²) in [6, 6.07) is 7.42. The first-order chi connectivity index (χ1) is 7.54. The number of hydrogen-bond donors (Lipinski definition) is 1. The maximum absolute atomic E-state index is 10.7. The van der Waals surface area contributed by atoms with Crippen LogP contribution in [-0.2, 0) is 4.79 Å². The number of carboxylic acid groups (broad SMARTS) is 1. The van der Waals surface area contributed by atoms with Crippen molar-refractivity contribution < 1.29 is 14.6 Å². The fourth-order valence-electron chi connectivity index (χ4n) is 1.52. The van der Waals surface area contributed by atoms with Crippen LogP contribution in [0.15, 0.2) is 30.3 Å². The van der Waals surface area contributed by atoms with Gasteiger partial charge in [-0.25, -0.2) is 4.79 Å². The first-order valence-corrected chi connectivity index (χ1v) is 5.13. The number of ether oxygens (including phenoxy) is 1. The lowest BCUT2D eigenvalue weighted by Crippen LogP contribution is -1.99. The molecule has 0 saturated carbocycles. The van der Waals surface area contributed by atoms with Gasteiger partial charge in [0.25, 0.3) is 0 Å². The molecule has 16 heavy (non-hydrogen) atoms. The van der Waals surface area contributed by atoms with E-state index >= 15 is 0 Å². The molecule has 0 spiro atoms. The standard InChI is InChI=1S/C13H16O3/c1-9(2)12(8-13(14)15)10-5-4-6-11(7-10)16-3/h4-9H,1-3H3,(H,14,15)/b12-8+. The third-order valence-corrected chi connectivity index (χ3v) is 2.30. The highest BCUT2D eigenvalue weighted by atomic mass is 16.5. The van der Waals surface area contributed by atoms with Gasteiger partial charge in [-0.1, -0.05) is 26.0 Å². The molecule has 86 valence electrons. The van der Waals surface area contributed by atoms with E-state index in [0.29, 0.717) is 0 Å². The van der Waals surface area contributed by atoms with Crippen molar-refractivity contribution in [2.24, 2.45) is 5.92 Å². The molecule has 1 N–H and O–H groups in total. The first-order valence-electron chi connectivity index (χ1n) is 5.13. The van der Waals surface area contributed by atoms with Gasteiger partial charge >= 0.3 is 5.97 Å². The number of benzene rings is 1. The Hall–Kier alpha value is -1.77. The SMILES string of the molecule is COc1cccc(/C(=C/C(=O)O)C(C)C)c1. The number of carbonyl (C=O) groups is 1. The van der Waals surface area contributed by atoms with E-state index in [2.05, 4.69) is 0 Å². The largest absolute Gasteiger partial charge is 0.497 e. The number of allylic oxidation sites excluding steroid dienone is 1. The lowest BCUT2D eigenvalue weighted by molar-refractivity contribution is -0.131. The zero-order valence-corrected chi connectivity index (χ0v) is 9.73. The molecule has 0 aliphatic heterocycles. The summed E-state index contributed by atoms with van der Waals surface area (Å²) in [5, 5.41) is 8.81. The molecule has 3 nitrogen and oxygen atoms in total. The van der Waals surface area contributed by atoms with E-state index in [1.165, 1.54) is 6.08 Å². The summed E-state index contributed by atoms with van der Waals surface area (Å²) in [6.45, 7) is 3.93. The second kappa shape index (κ2) is 5.35. The second-order valence-corrected chi connectivity index (χ2v) is 3.82. The first kappa shape index (κ1) is 12.3. The van der Waals surface area contributed by atoms with E-state index in [9.17, 15) is 4.79 Å². The van der Waals surface area contributed by atoms with Crippen molar-refractivity contribution in [3.8, 4) is 5.75 Å². The zero-order chi connectivity index (χ0) is 12.1. The molecule has 0 bridgehead atoms. The minimum Gasteiger partial charge on any atom is -0.497 e. The highest BCUT2D eigenvalue weighted by Gasteiger charge is 2.09. The van der Waals surface area contributed by atoms with Gasteiger partial charge < -0.3 is 9.84 Å². The van der Waals surface area contributed by atoms with E-state index in [-0.39, 0.29) is 5.92 Å². The Labute approximate surface area is 95.4 Å². The number of methoxy groups -OCH3 is 1. The Kier molecular flexibility index (Phi) is 4.11. The highest BCUT2D eigenvalue weighted by molar-refractivity contribution is 5.90. The second-order valence-electron chi connectivity index (χ2n) is 3.82. The summed E-state index contributed by atoms with van der Waals surface area (Å²) in [6.07, 6.45) is 1.25. The maximum atomic E-state index is 10.7. The van der Waals surface area contributed by atoms with Crippen molar-refractivity contribution in [1.29, 1.82) is 0 Å². The fourth-order valence-corrected chi connectivity index (χ4v) is 1.52.